The Morgan fingerprint density at radius 3 is 2.23 bits per heavy atom. The van der Waals surface area contributed by atoms with Crippen LogP contribution in [0.15, 0.2) is 24.3 Å². The summed E-state index contributed by atoms with van der Waals surface area (Å²) in [6.07, 6.45) is 4.27. The minimum absolute atomic E-state index is 0.0191. The summed E-state index contributed by atoms with van der Waals surface area (Å²) in [5.41, 5.74) is -1.04. The highest BCUT2D eigenvalue weighted by Crippen LogP contribution is 2.37. The van der Waals surface area contributed by atoms with Gasteiger partial charge in [-0.15, -0.1) is 0 Å². The van der Waals surface area contributed by atoms with Crippen molar-refractivity contribution in [2.24, 2.45) is 0 Å². The van der Waals surface area contributed by atoms with E-state index < -0.39 is 15.6 Å². The Morgan fingerprint density at radius 2 is 1.73 bits per heavy atom. The predicted molar refractivity (Wildman–Crippen MR) is 101 cm³/mol. The number of carbonyl (C=O) groups is 1. The van der Waals surface area contributed by atoms with Crippen LogP contribution in [0.4, 0.5) is 0 Å². The van der Waals surface area contributed by atoms with Gasteiger partial charge in [-0.2, -0.15) is 4.31 Å². The zero-order chi connectivity index (χ0) is 19.1. The molecular weight excluding hydrogens is 376 g/mol. The van der Waals surface area contributed by atoms with E-state index in [1.54, 1.807) is 42.4 Å². The zero-order valence-corrected chi connectivity index (χ0v) is 16.8. The number of amides is 1. The number of ether oxygens (including phenoxy) is 1. The summed E-state index contributed by atoms with van der Waals surface area (Å²) < 4.78 is 31.4. The number of rotatable bonds is 5. The first-order valence-corrected chi connectivity index (χ1v) is 11.0. The van der Waals surface area contributed by atoms with Crippen molar-refractivity contribution in [2.45, 2.75) is 63.3 Å². The van der Waals surface area contributed by atoms with Crippen LogP contribution < -0.4 is 10.1 Å². The third kappa shape index (κ3) is 4.15. The fourth-order valence-electron chi connectivity index (χ4n) is 4.00. The minimum atomic E-state index is -3.20. The maximum absolute atomic E-state index is 12.7. The van der Waals surface area contributed by atoms with Crippen molar-refractivity contribution in [3.63, 3.8) is 0 Å². The molecule has 2 heterocycles. The second kappa shape index (κ2) is 7.02. The molecule has 2 atom stereocenters. The molecule has 2 fully saturated rings. The number of halogens is 1. The van der Waals surface area contributed by atoms with E-state index in [2.05, 4.69) is 5.32 Å². The second-order valence-corrected chi connectivity index (χ2v) is 10.0. The van der Waals surface area contributed by atoms with Gasteiger partial charge in [0, 0.05) is 23.1 Å². The van der Waals surface area contributed by atoms with Gasteiger partial charge in [-0.05, 0) is 63.8 Å². The average molecular weight is 401 g/mol. The lowest BCUT2D eigenvalue weighted by molar-refractivity contribution is -0.135. The highest BCUT2D eigenvalue weighted by Gasteiger charge is 2.46. The quantitative estimate of drug-likeness (QED) is 0.824. The van der Waals surface area contributed by atoms with Crippen molar-refractivity contribution in [3.8, 4) is 5.75 Å². The summed E-state index contributed by atoms with van der Waals surface area (Å²) in [5, 5.41) is 3.66. The lowest BCUT2D eigenvalue weighted by atomic mass is 9.98. The van der Waals surface area contributed by atoms with E-state index in [0.29, 0.717) is 23.6 Å². The second-order valence-electron chi connectivity index (χ2n) is 7.69. The first-order chi connectivity index (χ1) is 12.1. The molecule has 1 amide bonds. The standard InChI is InChI=1S/C18H25ClN2O4S/c1-18(2,25-16-8-4-12(19)5-9-16)17(22)20-13-10-14-6-7-15(11-13)21(14)26(3,23)24/h4-5,8-9,13-15H,6-7,10-11H2,1-3H3,(H,20,22). The van der Waals surface area contributed by atoms with Crippen LogP contribution in [0.5, 0.6) is 5.75 Å². The van der Waals surface area contributed by atoms with Gasteiger partial charge in [-0.25, -0.2) is 8.42 Å². The number of nitrogens with one attached hydrogen (secondary N) is 1. The number of sulfonamides is 1. The molecule has 2 unspecified atom stereocenters. The first kappa shape index (κ1) is 19.5. The summed E-state index contributed by atoms with van der Waals surface area (Å²) in [6.45, 7) is 3.44. The number of benzene rings is 1. The van der Waals surface area contributed by atoms with Crippen LogP contribution in [-0.4, -0.2) is 48.6 Å². The molecule has 26 heavy (non-hydrogen) atoms. The molecule has 0 spiro atoms. The average Bonchev–Trinajstić information content (AvgIpc) is 2.82. The smallest absolute Gasteiger partial charge is 0.263 e. The predicted octanol–water partition coefficient (Wildman–Crippen LogP) is 2.57. The molecular formula is C18H25ClN2O4S. The van der Waals surface area contributed by atoms with Crippen molar-refractivity contribution in [1.82, 2.24) is 9.62 Å². The molecule has 0 saturated carbocycles. The number of nitrogens with zero attached hydrogens (tertiary/aromatic N) is 1. The summed E-state index contributed by atoms with van der Waals surface area (Å²) in [4.78, 5) is 12.7. The lowest BCUT2D eigenvalue weighted by Gasteiger charge is -2.38. The Kier molecular flexibility index (Phi) is 5.25. The van der Waals surface area contributed by atoms with Gasteiger partial charge in [0.2, 0.25) is 10.0 Å². The van der Waals surface area contributed by atoms with Gasteiger partial charge in [-0.1, -0.05) is 11.6 Å². The van der Waals surface area contributed by atoms with Crippen LogP contribution in [0, 0.1) is 0 Å². The number of hydrogen-bond donors (Lipinski definition) is 1. The maximum Gasteiger partial charge on any atom is 0.263 e. The largest absolute Gasteiger partial charge is 0.478 e. The van der Waals surface area contributed by atoms with E-state index in [1.807, 2.05) is 0 Å². The maximum atomic E-state index is 12.7. The zero-order valence-electron chi connectivity index (χ0n) is 15.2. The topological polar surface area (TPSA) is 75.7 Å². The van der Waals surface area contributed by atoms with Gasteiger partial charge in [0.05, 0.1) is 6.26 Å². The third-order valence-electron chi connectivity index (χ3n) is 5.12. The fourth-order valence-corrected chi connectivity index (χ4v) is 5.59. The number of piperidine rings is 1. The van der Waals surface area contributed by atoms with Gasteiger partial charge < -0.3 is 10.1 Å². The van der Waals surface area contributed by atoms with Crippen molar-refractivity contribution in [2.75, 3.05) is 6.26 Å². The summed E-state index contributed by atoms with van der Waals surface area (Å²) >= 11 is 5.87. The molecule has 2 aliphatic rings. The number of carbonyl (C=O) groups excluding carboxylic acids is 1. The molecule has 8 heteroatoms. The Hall–Kier alpha value is -1.31. The van der Waals surface area contributed by atoms with Crippen LogP contribution in [0.1, 0.15) is 39.5 Å². The van der Waals surface area contributed by atoms with E-state index in [0.717, 1.165) is 12.8 Å². The molecule has 2 saturated heterocycles. The van der Waals surface area contributed by atoms with Gasteiger partial charge in [-0.3, -0.25) is 4.79 Å². The summed E-state index contributed by atoms with van der Waals surface area (Å²) in [5.74, 6) is 0.367. The Bertz CT molecular complexity index is 765. The van der Waals surface area contributed by atoms with E-state index in [1.165, 1.54) is 6.26 Å². The first-order valence-electron chi connectivity index (χ1n) is 8.80. The van der Waals surface area contributed by atoms with Gasteiger partial charge in [0.15, 0.2) is 5.60 Å². The molecule has 1 N–H and O–H groups in total. The van der Waals surface area contributed by atoms with Crippen molar-refractivity contribution in [3.05, 3.63) is 29.3 Å². The molecule has 6 nitrogen and oxygen atoms in total. The lowest BCUT2D eigenvalue weighted by Crippen LogP contribution is -2.56. The Balaban J connectivity index is 1.62. The summed E-state index contributed by atoms with van der Waals surface area (Å²) in [6, 6.07) is 6.80. The van der Waals surface area contributed by atoms with E-state index in [-0.39, 0.29) is 24.0 Å². The molecule has 0 aliphatic carbocycles. The molecule has 0 aromatic heterocycles. The highest BCUT2D eigenvalue weighted by atomic mass is 35.5. The highest BCUT2D eigenvalue weighted by molar-refractivity contribution is 7.88. The monoisotopic (exact) mass is 400 g/mol. The fraction of sp³-hybridized carbons (Fsp3) is 0.611. The molecule has 1 aromatic carbocycles. The number of fused-ring (bicyclic) bond motifs is 2. The van der Waals surface area contributed by atoms with Crippen molar-refractivity contribution >= 4 is 27.5 Å². The van der Waals surface area contributed by atoms with Gasteiger partial charge in [0.1, 0.15) is 5.75 Å². The molecule has 0 radical (unpaired) electrons. The third-order valence-corrected chi connectivity index (χ3v) is 6.73. The van der Waals surface area contributed by atoms with E-state index >= 15 is 0 Å². The molecule has 2 bridgehead atoms. The van der Waals surface area contributed by atoms with Crippen LogP contribution in [0.25, 0.3) is 0 Å². The normalized spacial score (nSPS) is 26.5. The van der Waals surface area contributed by atoms with Crippen LogP contribution >= 0.6 is 11.6 Å². The molecule has 2 aliphatic heterocycles. The summed E-state index contributed by atoms with van der Waals surface area (Å²) in [7, 11) is -3.20. The minimum Gasteiger partial charge on any atom is -0.478 e. The SMILES string of the molecule is CC(C)(Oc1ccc(Cl)cc1)C(=O)NC1CC2CCC(C1)N2S(C)(=O)=O. The van der Waals surface area contributed by atoms with Gasteiger partial charge >= 0.3 is 0 Å². The van der Waals surface area contributed by atoms with Crippen LogP contribution in [0.3, 0.4) is 0 Å². The van der Waals surface area contributed by atoms with E-state index in [4.69, 9.17) is 16.3 Å². The Morgan fingerprint density at radius 1 is 1.19 bits per heavy atom. The van der Waals surface area contributed by atoms with Crippen molar-refractivity contribution in [1.29, 1.82) is 0 Å². The molecule has 1 aromatic rings. The van der Waals surface area contributed by atoms with Gasteiger partial charge in [0.25, 0.3) is 5.91 Å². The van der Waals surface area contributed by atoms with Crippen molar-refractivity contribution < 1.29 is 17.9 Å². The van der Waals surface area contributed by atoms with Crippen LogP contribution in [-0.2, 0) is 14.8 Å². The van der Waals surface area contributed by atoms with Crippen LogP contribution in [0.2, 0.25) is 5.02 Å². The number of hydrogen-bond acceptors (Lipinski definition) is 4. The molecule has 144 valence electrons. The van der Waals surface area contributed by atoms with E-state index in [9.17, 15) is 13.2 Å². The Labute approximate surface area is 159 Å². The molecule has 3 rings (SSSR count).